The lowest BCUT2D eigenvalue weighted by Crippen LogP contribution is -2.39. The van der Waals surface area contributed by atoms with E-state index in [9.17, 15) is 8.42 Å². The third kappa shape index (κ3) is 3.33. The maximum atomic E-state index is 12.5. The van der Waals surface area contributed by atoms with Crippen molar-refractivity contribution in [3.05, 3.63) is 22.7 Å². The van der Waals surface area contributed by atoms with Gasteiger partial charge in [0, 0.05) is 37.0 Å². The number of methoxy groups -OCH3 is 1. The number of nitrogens with zero attached hydrogens (tertiary/aromatic N) is 1. The maximum Gasteiger partial charge on any atom is 0.243 e. The van der Waals surface area contributed by atoms with Crippen molar-refractivity contribution in [1.29, 1.82) is 0 Å². The average Bonchev–Trinajstić information content (AvgIpc) is 2.43. The van der Waals surface area contributed by atoms with Crippen molar-refractivity contribution in [2.75, 3.05) is 32.5 Å². The van der Waals surface area contributed by atoms with E-state index in [4.69, 9.17) is 10.5 Å². The Hall–Kier alpha value is -0.630. The van der Waals surface area contributed by atoms with Crippen LogP contribution in [0.2, 0.25) is 0 Å². The molecule has 2 N–H and O–H groups in total. The number of anilines is 1. The highest BCUT2D eigenvalue weighted by Crippen LogP contribution is 2.27. The minimum Gasteiger partial charge on any atom is -0.398 e. The molecule has 0 saturated carbocycles. The Morgan fingerprint density at radius 1 is 1.40 bits per heavy atom. The fraction of sp³-hybridized carbons (Fsp3) is 0.538. The summed E-state index contributed by atoms with van der Waals surface area (Å²) in [5.74, 6) is 0.446. The Kier molecular flexibility index (Phi) is 5.06. The van der Waals surface area contributed by atoms with Gasteiger partial charge in [-0.25, -0.2) is 8.42 Å². The molecule has 1 aliphatic heterocycles. The molecule has 0 bridgehead atoms. The zero-order valence-electron chi connectivity index (χ0n) is 11.4. The lowest BCUT2D eigenvalue weighted by Gasteiger charge is -2.30. The van der Waals surface area contributed by atoms with Crippen molar-refractivity contribution in [3.8, 4) is 0 Å². The number of halogens is 1. The Morgan fingerprint density at radius 2 is 2.05 bits per heavy atom. The largest absolute Gasteiger partial charge is 0.398 e. The Balaban J connectivity index is 2.13. The zero-order valence-corrected chi connectivity index (χ0v) is 13.8. The minimum absolute atomic E-state index is 0.253. The monoisotopic (exact) mass is 362 g/mol. The molecule has 112 valence electrons. The Morgan fingerprint density at radius 3 is 2.60 bits per heavy atom. The van der Waals surface area contributed by atoms with Gasteiger partial charge in [0.15, 0.2) is 0 Å². The van der Waals surface area contributed by atoms with E-state index in [2.05, 4.69) is 15.9 Å². The van der Waals surface area contributed by atoms with E-state index in [0.29, 0.717) is 35.8 Å². The van der Waals surface area contributed by atoms with Crippen LogP contribution < -0.4 is 5.73 Å². The number of hydrogen-bond donors (Lipinski definition) is 1. The molecule has 1 aromatic carbocycles. The number of piperidine rings is 1. The number of nitrogens with two attached hydrogens (primary N) is 1. The van der Waals surface area contributed by atoms with Gasteiger partial charge in [0.25, 0.3) is 0 Å². The van der Waals surface area contributed by atoms with E-state index in [1.54, 1.807) is 19.2 Å². The molecule has 0 atom stereocenters. The molecule has 1 aliphatic rings. The smallest absolute Gasteiger partial charge is 0.243 e. The van der Waals surface area contributed by atoms with Gasteiger partial charge < -0.3 is 10.5 Å². The summed E-state index contributed by atoms with van der Waals surface area (Å²) in [7, 11) is -1.77. The summed E-state index contributed by atoms with van der Waals surface area (Å²) >= 11 is 3.27. The molecule has 1 fully saturated rings. The first-order chi connectivity index (χ1) is 9.45. The molecule has 1 saturated heterocycles. The Bertz CT molecular complexity index is 569. The normalized spacial score (nSPS) is 18.3. The highest BCUT2D eigenvalue weighted by atomic mass is 79.9. The van der Waals surface area contributed by atoms with Gasteiger partial charge in [0.05, 0.1) is 4.90 Å². The lowest BCUT2D eigenvalue weighted by molar-refractivity contribution is 0.121. The van der Waals surface area contributed by atoms with E-state index < -0.39 is 10.0 Å². The molecule has 7 heteroatoms. The molecule has 0 spiro atoms. The number of ether oxygens (including phenoxy) is 1. The van der Waals surface area contributed by atoms with Crippen LogP contribution in [0.25, 0.3) is 0 Å². The van der Waals surface area contributed by atoms with Crippen molar-refractivity contribution in [2.45, 2.75) is 17.7 Å². The maximum absolute atomic E-state index is 12.5. The highest BCUT2D eigenvalue weighted by Gasteiger charge is 2.29. The molecule has 0 aromatic heterocycles. The van der Waals surface area contributed by atoms with Gasteiger partial charge in [0.1, 0.15) is 0 Å². The lowest BCUT2D eigenvalue weighted by atomic mass is 9.99. The average molecular weight is 363 g/mol. The van der Waals surface area contributed by atoms with E-state index in [1.165, 1.54) is 10.4 Å². The molecule has 2 rings (SSSR count). The van der Waals surface area contributed by atoms with Crippen molar-refractivity contribution in [2.24, 2.45) is 5.92 Å². The molecule has 0 amide bonds. The van der Waals surface area contributed by atoms with E-state index in [-0.39, 0.29) is 4.90 Å². The molecule has 0 aliphatic carbocycles. The summed E-state index contributed by atoms with van der Waals surface area (Å²) in [6, 6.07) is 4.75. The van der Waals surface area contributed by atoms with Crippen molar-refractivity contribution >= 4 is 31.6 Å². The highest BCUT2D eigenvalue weighted by molar-refractivity contribution is 9.10. The van der Waals surface area contributed by atoms with E-state index in [0.717, 1.165) is 12.8 Å². The molecule has 0 unspecified atom stereocenters. The molecule has 20 heavy (non-hydrogen) atoms. The van der Waals surface area contributed by atoms with Gasteiger partial charge in [-0.15, -0.1) is 0 Å². The standard InChI is InChI=1S/C13H19BrN2O3S/c1-19-9-10-4-6-16(7-5-10)20(17,18)11-2-3-12(14)13(15)8-11/h2-3,8,10H,4-7,9,15H2,1H3. The number of benzene rings is 1. The minimum atomic E-state index is -3.45. The van der Waals surface area contributed by atoms with Crippen molar-refractivity contribution < 1.29 is 13.2 Å². The van der Waals surface area contributed by atoms with Crippen LogP contribution in [-0.4, -0.2) is 39.5 Å². The summed E-state index contributed by atoms with van der Waals surface area (Å²) < 4.78 is 32.4. The third-order valence-electron chi connectivity index (χ3n) is 3.58. The first-order valence-electron chi connectivity index (χ1n) is 6.49. The zero-order chi connectivity index (χ0) is 14.8. The van der Waals surface area contributed by atoms with Crippen LogP contribution in [0.4, 0.5) is 5.69 Å². The summed E-state index contributed by atoms with van der Waals surface area (Å²) in [5, 5.41) is 0. The SMILES string of the molecule is COCC1CCN(S(=O)(=O)c2ccc(Br)c(N)c2)CC1. The fourth-order valence-electron chi connectivity index (χ4n) is 2.38. The van der Waals surface area contributed by atoms with Crippen LogP contribution in [0.1, 0.15) is 12.8 Å². The van der Waals surface area contributed by atoms with Gasteiger partial charge in [-0.3, -0.25) is 0 Å². The number of nitrogen functional groups attached to an aromatic ring is 1. The van der Waals surface area contributed by atoms with Crippen LogP contribution in [0, 0.1) is 5.92 Å². The van der Waals surface area contributed by atoms with Gasteiger partial charge in [-0.05, 0) is 52.9 Å². The molecule has 1 aromatic rings. The molecule has 1 heterocycles. The molecule has 0 radical (unpaired) electrons. The van der Waals surface area contributed by atoms with Crippen LogP contribution in [0.5, 0.6) is 0 Å². The summed E-state index contributed by atoms with van der Waals surface area (Å²) in [6.07, 6.45) is 1.66. The summed E-state index contributed by atoms with van der Waals surface area (Å²) in [4.78, 5) is 0.253. The topological polar surface area (TPSA) is 72.6 Å². The Labute approximate surface area is 128 Å². The summed E-state index contributed by atoms with van der Waals surface area (Å²) in [5.41, 5.74) is 6.19. The quantitative estimate of drug-likeness (QED) is 0.832. The van der Waals surface area contributed by atoms with Crippen LogP contribution >= 0.6 is 15.9 Å². The predicted molar refractivity (Wildman–Crippen MR) is 81.9 cm³/mol. The van der Waals surface area contributed by atoms with Crippen LogP contribution in [0.15, 0.2) is 27.6 Å². The van der Waals surface area contributed by atoms with Gasteiger partial charge in [0.2, 0.25) is 10.0 Å². The first-order valence-corrected chi connectivity index (χ1v) is 8.72. The molecule has 5 nitrogen and oxygen atoms in total. The van der Waals surface area contributed by atoms with E-state index in [1.807, 2.05) is 0 Å². The second kappa shape index (κ2) is 6.43. The number of rotatable bonds is 4. The third-order valence-corrected chi connectivity index (χ3v) is 6.20. The van der Waals surface area contributed by atoms with Crippen molar-refractivity contribution in [3.63, 3.8) is 0 Å². The van der Waals surface area contributed by atoms with E-state index >= 15 is 0 Å². The second-order valence-electron chi connectivity index (χ2n) is 4.99. The first kappa shape index (κ1) is 15.8. The second-order valence-corrected chi connectivity index (χ2v) is 7.78. The van der Waals surface area contributed by atoms with Crippen LogP contribution in [-0.2, 0) is 14.8 Å². The summed E-state index contributed by atoms with van der Waals surface area (Å²) in [6.45, 7) is 1.76. The fourth-order valence-corrected chi connectivity index (χ4v) is 4.14. The van der Waals surface area contributed by atoms with Crippen LogP contribution in [0.3, 0.4) is 0 Å². The van der Waals surface area contributed by atoms with Gasteiger partial charge >= 0.3 is 0 Å². The van der Waals surface area contributed by atoms with Crippen molar-refractivity contribution in [1.82, 2.24) is 4.31 Å². The molecular weight excluding hydrogens is 344 g/mol. The number of sulfonamides is 1. The predicted octanol–water partition coefficient (Wildman–Crippen LogP) is 2.08. The molecular formula is C13H19BrN2O3S. The van der Waals surface area contributed by atoms with Gasteiger partial charge in [-0.2, -0.15) is 4.31 Å². The van der Waals surface area contributed by atoms with Gasteiger partial charge in [-0.1, -0.05) is 0 Å². The number of hydrogen-bond acceptors (Lipinski definition) is 4.